The number of anilines is 1. The molecule has 1 N–H and O–H groups in total. The number of ether oxygens (including phenoxy) is 1. The summed E-state index contributed by atoms with van der Waals surface area (Å²) in [6.45, 7) is 5.33. The molecule has 0 fully saturated rings. The van der Waals surface area contributed by atoms with Crippen molar-refractivity contribution in [2.24, 2.45) is 0 Å². The summed E-state index contributed by atoms with van der Waals surface area (Å²) in [5, 5.41) is 3.65. The second-order valence-corrected chi connectivity index (χ2v) is 5.65. The second kappa shape index (κ2) is 10.7. The standard InChI is InChI=1S/C18H31NO/c1-4-5-6-7-8-11-16(2)19-18-13-10-9-12-17(18)14-15-20-3/h9-10,12-13,16,19H,4-8,11,14-15H2,1-3H3. The molecule has 0 saturated heterocycles. The lowest BCUT2D eigenvalue weighted by molar-refractivity contribution is 0.202. The van der Waals surface area contributed by atoms with E-state index in [-0.39, 0.29) is 0 Å². The molecular weight excluding hydrogens is 246 g/mol. The van der Waals surface area contributed by atoms with Gasteiger partial charge in [0.05, 0.1) is 6.61 Å². The first kappa shape index (κ1) is 17.0. The van der Waals surface area contributed by atoms with E-state index in [4.69, 9.17) is 4.74 Å². The highest BCUT2D eigenvalue weighted by Gasteiger charge is 2.05. The second-order valence-electron chi connectivity index (χ2n) is 5.65. The number of hydrogen-bond donors (Lipinski definition) is 1. The third kappa shape index (κ3) is 6.95. The van der Waals surface area contributed by atoms with E-state index in [2.05, 4.69) is 43.4 Å². The van der Waals surface area contributed by atoms with Crippen LogP contribution < -0.4 is 5.32 Å². The van der Waals surface area contributed by atoms with Gasteiger partial charge in [0.15, 0.2) is 0 Å². The zero-order chi connectivity index (χ0) is 14.6. The van der Waals surface area contributed by atoms with Crippen molar-refractivity contribution in [3.63, 3.8) is 0 Å². The summed E-state index contributed by atoms with van der Waals surface area (Å²) in [5.74, 6) is 0. The normalized spacial score (nSPS) is 12.3. The Kier molecular flexibility index (Phi) is 9.14. The lowest BCUT2D eigenvalue weighted by Gasteiger charge is -2.18. The molecule has 1 unspecified atom stereocenters. The maximum Gasteiger partial charge on any atom is 0.0503 e. The molecule has 0 aliphatic rings. The first-order valence-corrected chi connectivity index (χ1v) is 8.11. The number of unbranched alkanes of at least 4 members (excludes halogenated alkanes) is 4. The molecule has 1 rings (SSSR count). The van der Waals surface area contributed by atoms with Crippen molar-refractivity contribution in [1.29, 1.82) is 0 Å². The molecule has 1 aromatic rings. The van der Waals surface area contributed by atoms with E-state index >= 15 is 0 Å². The number of benzene rings is 1. The average molecular weight is 277 g/mol. The highest BCUT2D eigenvalue weighted by atomic mass is 16.5. The molecule has 1 aromatic carbocycles. The van der Waals surface area contributed by atoms with Crippen LogP contribution in [0.2, 0.25) is 0 Å². The average Bonchev–Trinajstić information content (AvgIpc) is 2.46. The van der Waals surface area contributed by atoms with Gasteiger partial charge in [0.25, 0.3) is 0 Å². The highest BCUT2D eigenvalue weighted by Crippen LogP contribution is 2.18. The summed E-state index contributed by atoms with van der Waals surface area (Å²) in [4.78, 5) is 0. The lowest BCUT2D eigenvalue weighted by Crippen LogP contribution is -2.16. The van der Waals surface area contributed by atoms with Crippen LogP contribution in [0.4, 0.5) is 5.69 Å². The fourth-order valence-electron chi connectivity index (χ4n) is 2.48. The Labute approximate surface area is 124 Å². The molecule has 2 nitrogen and oxygen atoms in total. The Morgan fingerprint density at radius 2 is 1.85 bits per heavy atom. The maximum absolute atomic E-state index is 5.18. The zero-order valence-corrected chi connectivity index (χ0v) is 13.5. The summed E-state index contributed by atoms with van der Waals surface area (Å²) in [6, 6.07) is 9.12. The minimum absolute atomic E-state index is 0.542. The van der Waals surface area contributed by atoms with Gasteiger partial charge in [-0.25, -0.2) is 0 Å². The van der Waals surface area contributed by atoms with E-state index in [1.807, 2.05) is 0 Å². The van der Waals surface area contributed by atoms with Gasteiger partial charge in [-0.2, -0.15) is 0 Å². The molecule has 0 saturated carbocycles. The number of rotatable bonds is 11. The van der Waals surface area contributed by atoms with Crippen LogP contribution in [0, 0.1) is 0 Å². The van der Waals surface area contributed by atoms with Gasteiger partial charge in [-0.05, 0) is 31.4 Å². The van der Waals surface area contributed by atoms with Crippen molar-refractivity contribution >= 4 is 5.69 Å². The molecule has 114 valence electrons. The van der Waals surface area contributed by atoms with Crippen LogP contribution in [-0.4, -0.2) is 19.8 Å². The number of para-hydroxylation sites is 1. The van der Waals surface area contributed by atoms with Gasteiger partial charge >= 0.3 is 0 Å². The molecule has 0 aliphatic heterocycles. The highest BCUT2D eigenvalue weighted by molar-refractivity contribution is 5.51. The minimum atomic E-state index is 0.542. The minimum Gasteiger partial charge on any atom is -0.384 e. The largest absolute Gasteiger partial charge is 0.384 e. The first-order chi connectivity index (χ1) is 9.77. The monoisotopic (exact) mass is 277 g/mol. The van der Waals surface area contributed by atoms with Crippen LogP contribution in [0.5, 0.6) is 0 Å². The lowest BCUT2D eigenvalue weighted by atomic mass is 10.1. The van der Waals surface area contributed by atoms with Crippen LogP contribution in [0.25, 0.3) is 0 Å². The molecule has 0 aliphatic carbocycles. The SMILES string of the molecule is CCCCCCCC(C)Nc1ccccc1CCOC. The van der Waals surface area contributed by atoms with Crippen molar-refractivity contribution in [3.05, 3.63) is 29.8 Å². The van der Waals surface area contributed by atoms with Gasteiger partial charge in [0, 0.05) is 18.8 Å². The van der Waals surface area contributed by atoms with Crippen LogP contribution >= 0.6 is 0 Å². The summed E-state index contributed by atoms with van der Waals surface area (Å²) in [7, 11) is 1.76. The van der Waals surface area contributed by atoms with Gasteiger partial charge in [-0.1, -0.05) is 57.2 Å². The molecule has 0 heterocycles. The zero-order valence-electron chi connectivity index (χ0n) is 13.5. The van der Waals surface area contributed by atoms with E-state index in [0.29, 0.717) is 6.04 Å². The third-order valence-corrected chi connectivity index (χ3v) is 3.74. The Bertz CT molecular complexity index is 351. The van der Waals surface area contributed by atoms with E-state index in [1.165, 1.54) is 49.8 Å². The van der Waals surface area contributed by atoms with Gasteiger partial charge in [-0.15, -0.1) is 0 Å². The van der Waals surface area contributed by atoms with Crippen molar-refractivity contribution in [2.75, 3.05) is 19.0 Å². The van der Waals surface area contributed by atoms with Gasteiger partial charge in [-0.3, -0.25) is 0 Å². The summed E-state index contributed by atoms with van der Waals surface area (Å²) >= 11 is 0. The maximum atomic E-state index is 5.18. The molecule has 0 amide bonds. The predicted molar refractivity (Wildman–Crippen MR) is 88.5 cm³/mol. The third-order valence-electron chi connectivity index (χ3n) is 3.74. The van der Waals surface area contributed by atoms with Gasteiger partial charge < -0.3 is 10.1 Å². The van der Waals surface area contributed by atoms with Crippen LogP contribution in [0.15, 0.2) is 24.3 Å². The van der Waals surface area contributed by atoms with Crippen LogP contribution in [-0.2, 0) is 11.2 Å². The topological polar surface area (TPSA) is 21.3 Å². The van der Waals surface area contributed by atoms with Crippen molar-refractivity contribution in [1.82, 2.24) is 0 Å². The molecule has 1 atom stereocenters. The van der Waals surface area contributed by atoms with Crippen LogP contribution in [0.1, 0.15) is 57.9 Å². The fraction of sp³-hybridized carbons (Fsp3) is 0.667. The molecule has 0 aromatic heterocycles. The number of nitrogens with one attached hydrogen (secondary N) is 1. The Morgan fingerprint density at radius 1 is 1.10 bits per heavy atom. The van der Waals surface area contributed by atoms with Crippen LogP contribution in [0.3, 0.4) is 0 Å². The van der Waals surface area contributed by atoms with Crippen molar-refractivity contribution < 1.29 is 4.74 Å². The van der Waals surface area contributed by atoms with E-state index in [0.717, 1.165) is 13.0 Å². The Balaban J connectivity index is 2.35. The smallest absolute Gasteiger partial charge is 0.0503 e. The van der Waals surface area contributed by atoms with E-state index in [1.54, 1.807) is 7.11 Å². The Morgan fingerprint density at radius 3 is 2.60 bits per heavy atom. The quantitative estimate of drug-likeness (QED) is 0.572. The first-order valence-electron chi connectivity index (χ1n) is 8.11. The molecule has 0 spiro atoms. The molecule has 0 radical (unpaired) electrons. The number of methoxy groups -OCH3 is 1. The van der Waals surface area contributed by atoms with Crippen molar-refractivity contribution in [2.45, 2.75) is 64.8 Å². The summed E-state index contributed by atoms with van der Waals surface area (Å²) in [5.41, 5.74) is 2.62. The molecule has 20 heavy (non-hydrogen) atoms. The predicted octanol–water partition coefficient (Wildman–Crippen LogP) is 5.04. The molecule has 0 bridgehead atoms. The van der Waals surface area contributed by atoms with Gasteiger partial charge in [0.1, 0.15) is 0 Å². The van der Waals surface area contributed by atoms with E-state index in [9.17, 15) is 0 Å². The van der Waals surface area contributed by atoms with E-state index < -0.39 is 0 Å². The molecular formula is C18H31NO. The summed E-state index contributed by atoms with van der Waals surface area (Å²) in [6.07, 6.45) is 9.00. The molecule has 2 heteroatoms. The van der Waals surface area contributed by atoms with Gasteiger partial charge in [0.2, 0.25) is 0 Å². The number of hydrogen-bond acceptors (Lipinski definition) is 2. The fourth-order valence-corrected chi connectivity index (χ4v) is 2.48. The Hall–Kier alpha value is -1.02. The van der Waals surface area contributed by atoms with Crippen molar-refractivity contribution in [3.8, 4) is 0 Å². The summed E-state index contributed by atoms with van der Waals surface area (Å²) < 4.78 is 5.18.